The summed E-state index contributed by atoms with van der Waals surface area (Å²) in [5, 5.41) is 9.27. The Morgan fingerprint density at radius 1 is 1.29 bits per heavy atom. The molecule has 0 aliphatic carbocycles. The fraction of sp³-hybridized carbons (Fsp3) is 0.385. The number of rotatable bonds is 2. The molecule has 1 aromatic carbocycles. The molecule has 1 aliphatic heterocycles. The van der Waals surface area contributed by atoms with Gasteiger partial charge in [0.2, 0.25) is 5.91 Å². The number of hydrogen-bond acceptors (Lipinski definition) is 2. The van der Waals surface area contributed by atoms with Crippen molar-refractivity contribution in [3.05, 3.63) is 35.9 Å². The second-order valence-corrected chi connectivity index (χ2v) is 4.30. The lowest BCUT2D eigenvalue weighted by Crippen LogP contribution is -2.41. The van der Waals surface area contributed by atoms with Gasteiger partial charge in [0.25, 0.3) is 0 Å². The van der Waals surface area contributed by atoms with Crippen molar-refractivity contribution in [2.75, 3.05) is 6.54 Å². The van der Waals surface area contributed by atoms with E-state index in [0.29, 0.717) is 13.0 Å². The summed E-state index contributed by atoms with van der Waals surface area (Å²) in [5.74, 6) is -1.19. The van der Waals surface area contributed by atoms with Crippen LogP contribution in [0.25, 0.3) is 0 Å². The van der Waals surface area contributed by atoms with Crippen LogP contribution in [0.3, 0.4) is 0 Å². The Morgan fingerprint density at radius 2 is 1.94 bits per heavy atom. The van der Waals surface area contributed by atoms with Crippen LogP contribution < -0.4 is 0 Å². The van der Waals surface area contributed by atoms with E-state index in [1.807, 2.05) is 30.3 Å². The van der Waals surface area contributed by atoms with Crippen molar-refractivity contribution >= 4 is 11.9 Å². The van der Waals surface area contributed by atoms with Gasteiger partial charge in [-0.25, -0.2) is 4.79 Å². The molecule has 2 rings (SSSR count). The van der Waals surface area contributed by atoms with E-state index < -0.39 is 12.0 Å². The number of carboxylic acid groups (broad SMARTS) is 1. The third kappa shape index (κ3) is 2.16. The summed E-state index contributed by atoms with van der Waals surface area (Å²) < 4.78 is 0. The molecule has 1 aliphatic rings. The number of carbonyl (C=O) groups is 2. The molecule has 4 heteroatoms. The molecular formula is C13H15NO3. The average molecular weight is 233 g/mol. The number of benzene rings is 1. The number of hydrogen-bond donors (Lipinski definition) is 1. The van der Waals surface area contributed by atoms with Gasteiger partial charge in [0.1, 0.15) is 6.04 Å². The predicted octanol–water partition coefficient (Wildman–Crippen LogP) is 1.48. The van der Waals surface area contributed by atoms with Crippen LogP contribution >= 0.6 is 0 Å². The first-order valence-corrected chi connectivity index (χ1v) is 5.66. The highest BCUT2D eigenvalue weighted by Gasteiger charge is 2.41. The number of carbonyl (C=O) groups excluding carboxylic acids is 1. The van der Waals surface area contributed by atoms with Crippen molar-refractivity contribution in [3.8, 4) is 0 Å². The Bertz CT molecular complexity index is 430. The van der Waals surface area contributed by atoms with Gasteiger partial charge in [0, 0.05) is 19.4 Å². The lowest BCUT2D eigenvalue weighted by Gasteiger charge is -2.23. The van der Waals surface area contributed by atoms with Gasteiger partial charge in [-0.1, -0.05) is 30.3 Å². The Balaban J connectivity index is 2.30. The molecular weight excluding hydrogens is 218 g/mol. The van der Waals surface area contributed by atoms with Crippen LogP contribution in [0, 0.1) is 0 Å². The van der Waals surface area contributed by atoms with E-state index >= 15 is 0 Å². The Kier molecular flexibility index (Phi) is 3.13. The molecule has 0 bridgehead atoms. The van der Waals surface area contributed by atoms with Crippen molar-refractivity contribution in [2.24, 2.45) is 0 Å². The van der Waals surface area contributed by atoms with Crippen molar-refractivity contribution in [2.45, 2.75) is 25.3 Å². The van der Waals surface area contributed by atoms with E-state index in [4.69, 9.17) is 0 Å². The van der Waals surface area contributed by atoms with Crippen LogP contribution in [0.15, 0.2) is 30.3 Å². The zero-order chi connectivity index (χ0) is 12.4. The number of amides is 1. The van der Waals surface area contributed by atoms with Gasteiger partial charge >= 0.3 is 5.97 Å². The molecule has 0 spiro atoms. The molecule has 0 aromatic heterocycles. The van der Waals surface area contributed by atoms with Crippen LogP contribution in [0.1, 0.15) is 24.8 Å². The number of likely N-dealkylation sites (tertiary alicyclic amines) is 1. The highest BCUT2D eigenvalue weighted by atomic mass is 16.4. The van der Waals surface area contributed by atoms with Crippen LogP contribution in [-0.2, 0) is 9.59 Å². The Morgan fingerprint density at radius 3 is 2.47 bits per heavy atom. The summed E-state index contributed by atoms with van der Waals surface area (Å²) in [6.45, 7) is 1.94. The smallest absolute Gasteiger partial charge is 0.327 e. The second-order valence-electron chi connectivity index (χ2n) is 4.30. The second kappa shape index (κ2) is 4.57. The van der Waals surface area contributed by atoms with Gasteiger partial charge in [-0.2, -0.15) is 0 Å². The standard InChI is InChI=1S/C13H15NO3/c1-9(15)14-8-7-11(12(14)13(16)17)10-5-3-2-4-6-10/h2-6,11-12H,7-8H2,1H3,(H,16,17)/t11-,12+/m1/s1. The highest BCUT2D eigenvalue weighted by Crippen LogP contribution is 2.33. The summed E-state index contributed by atoms with van der Waals surface area (Å²) in [5.41, 5.74) is 0.989. The Labute approximate surface area is 99.9 Å². The maximum atomic E-state index is 11.4. The minimum absolute atomic E-state index is 0.0994. The minimum atomic E-state index is -0.924. The largest absolute Gasteiger partial charge is 0.480 e. The normalized spacial score (nSPS) is 23.7. The van der Waals surface area contributed by atoms with Crippen molar-refractivity contribution in [1.29, 1.82) is 0 Å². The molecule has 0 radical (unpaired) electrons. The summed E-state index contributed by atoms with van der Waals surface area (Å²) in [6.07, 6.45) is 0.709. The van der Waals surface area contributed by atoms with E-state index in [9.17, 15) is 14.7 Å². The zero-order valence-corrected chi connectivity index (χ0v) is 9.67. The summed E-state index contributed by atoms with van der Waals surface area (Å²) >= 11 is 0. The van der Waals surface area contributed by atoms with Gasteiger partial charge in [0.15, 0.2) is 0 Å². The molecule has 2 atom stereocenters. The van der Waals surface area contributed by atoms with Crippen molar-refractivity contribution in [3.63, 3.8) is 0 Å². The van der Waals surface area contributed by atoms with Gasteiger partial charge in [0.05, 0.1) is 0 Å². The maximum absolute atomic E-state index is 11.4. The fourth-order valence-corrected chi connectivity index (χ4v) is 2.50. The number of aliphatic carboxylic acids is 1. The lowest BCUT2D eigenvalue weighted by atomic mass is 9.92. The highest BCUT2D eigenvalue weighted by molar-refractivity contribution is 5.84. The first-order chi connectivity index (χ1) is 8.11. The van der Waals surface area contributed by atoms with Crippen molar-refractivity contribution < 1.29 is 14.7 Å². The SMILES string of the molecule is CC(=O)N1CC[C@H](c2ccccc2)[C@H]1C(=O)O. The monoisotopic (exact) mass is 233 g/mol. The molecule has 17 heavy (non-hydrogen) atoms. The molecule has 1 heterocycles. The molecule has 1 fully saturated rings. The third-order valence-electron chi connectivity index (χ3n) is 3.28. The first kappa shape index (κ1) is 11.6. The molecule has 4 nitrogen and oxygen atoms in total. The van der Waals surface area contributed by atoms with E-state index in [0.717, 1.165) is 5.56 Å². The number of carboxylic acids is 1. The van der Waals surface area contributed by atoms with Crippen LogP contribution in [0.5, 0.6) is 0 Å². The summed E-state index contributed by atoms with van der Waals surface area (Å²) in [6, 6.07) is 8.80. The maximum Gasteiger partial charge on any atom is 0.327 e. The van der Waals surface area contributed by atoms with Gasteiger partial charge in [-0.3, -0.25) is 4.79 Å². The molecule has 0 unspecified atom stereocenters. The first-order valence-electron chi connectivity index (χ1n) is 5.66. The lowest BCUT2D eigenvalue weighted by molar-refractivity contribution is -0.147. The predicted molar refractivity (Wildman–Crippen MR) is 62.6 cm³/mol. The fourth-order valence-electron chi connectivity index (χ4n) is 2.50. The number of nitrogens with zero attached hydrogens (tertiary/aromatic N) is 1. The average Bonchev–Trinajstić information content (AvgIpc) is 2.74. The molecule has 1 aromatic rings. The molecule has 1 saturated heterocycles. The van der Waals surface area contributed by atoms with E-state index in [2.05, 4.69) is 0 Å². The van der Waals surface area contributed by atoms with E-state index in [1.54, 1.807) is 0 Å². The van der Waals surface area contributed by atoms with Gasteiger partial charge in [-0.15, -0.1) is 0 Å². The summed E-state index contributed by atoms with van der Waals surface area (Å²) in [4.78, 5) is 24.2. The molecule has 0 saturated carbocycles. The third-order valence-corrected chi connectivity index (χ3v) is 3.28. The molecule has 1 N–H and O–H groups in total. The zero-order valence-electron chi connectivity index (χ0n) is 9.67. The van der Waals surface area contributed by atoms with Crippen LogP contribution in [-0.4, -0.2) is 34.5 Å². The molecule has 90 valence electrons. The van der Waals surface area contributed by atoms with Gasteiger partial charge < -0.3 is 10.0 Å². The van der Waals surface area contributed by atoms with E-state index in [-0.39, 0.29) is 11.8 Å². The van der Waals surface area contributed by atoms with Crippen LogP contribution in [0.2, 0.25) is 0 Å². The minimum Gasteiger partial charge on any atom is -0.480 e. The summed E-state index contributed by atoms with van der Waals surface area (Å²) in [7, 11) is 0. The van der Waals surface area contributed by atoms with Crippen LogP contribution in [0.4, 0.5) is 0 Å². The van der Waals surface area contributed by atoms with Gasteiger partial charge in [-0.05, 0) is 12.0 Å². The van der Waals surface area contributed by atoms with E-state index in [1.165, 1.54) is 11.8 Å². The molecule has 1 amide bonds. The van der Waals surface area contributed by atoms with Crippen molar-refractivity contribution in [1.82, 2.24) is 4.90 Å². The Hall–Kier alpha value is -1.84. The topological polar surface area (TPSA) is 57.6 Å². The quantitative estimate of drug-likeness (QED) is 0.841.